The lowest BCUT2D eigenvalue weighted by atomic mass is 10.0. The van der Waals surface area contributed by atoms with Crippen molar-refractivity contribution in [3.63, 3.8) is 0 Å². The average molecular weight is 629 g/mol. The number of nitrogens with zero attached hydrogens (tertiary/aromatic N) is 2. The Bertz CT molecular complexity index is 1740. The van der Waals surface area contributed by atoms with Gasteiger partial charge >= 0.3 is 0 Å². The summed E-state index contributed by atoms with van der Waals surface area (Å²) in [6.45, 7) is 5.28. The number of carbonyl (C=O) groups excluding carboxylic acids is 2. The minimum atomic E-state index is -4.04. The third kappa shape index (κ3) is 8.93. The standard InChI is InChI=1S/C34H36N4O6S/c1-24(2)27-13-15-28(16-14-27)38(45(41,42)30-19-9-25(3)10-20-30)22-33(39)37-35-21-26-11-17-29(18-12-26)44-23-34(40)36-31-7-5-6-8-32(31)43-4/h5-21,24H,22-23H2,1-4H3,(H,36,40)(H,37,39)/b35-21-. The van der Waals surface area contributed by atoms with Crippen LogP contribution in [0.25, 0.3) is 0 Å². The normalized spacial score (nSPS) is 11.3. The van der Waals surface area contributed by atoms with E-state index in [4.69, 9.17) is 9.47 Å². The molecule has 0 aromatic heterocycles. The van der Waals surface area contributed by atoms with Crippen LogP contribution >= 0.6 is 0 Å². The van der Waals surface area contributed by atoms with Crippen molar-refractivity contribution in [2.45, 2.75) is 31.6 Å². The Kier molecular flexibility index (Phi) is 10.9. The van der Waals surface area contributed by atoms with E-state index < -0.39 is 22.5 Å². The molecule has 11 heteroatoms. The predicted octanol–water partition coefficient (Wildman–Crippen LogP) is 5.49. The third-order valence-electron chi connectivity index (χ3n) is 6.78. The van der Waals surface area contributed by atoms with Crippen molar-refractivity contribution in [1.29, 1.82) is 0 Å². The molecule has 45 heavy (non-hydrogen) atoms. The third-order valence-corrected chi connectivity index (χ3v) is 8.57. The minimum Gasteiger partial charge on any atom is -0.495 e. The summed E-state index contributed by atoms with van der Waals surface area (Å²) in [5.41, 5.74) is 5.94. The Morgan fingerprint density at radius 1 is 0.889 bits per heavy atom. The second-order valence-corrected chi connectivity index (χ2v) is 12.3. The van der Waals surface area contributed by atoms with E-state index in [2.05, 4.69) is 15.8 Å². The Morgan fingerprint density at radius 2 is 1.56 bits per heavy atom. The number of benzene rings is 4. The van der Waals surface area contributed by atoms with E-state index in [1.807, 2.05) is 32.9 Å². The molecule has 0 heterocycles. The highest BCUT2D eigenvalue weighted by Crippen LogP contribution is 2.26. The second-order valence-electron chi connectivity index (χ2n) is 10.5. The van der Waals surface area contributed by atoms with Gasteiger partial charge in [-0.05, 0) is 84.6 Å². The molecule has 4 rings (SSSR count). The molecule has 0 spiro atoms. The summed E-state index contributed by atoms with van der Waals surface area (Å²) in [7, 11) is -2.52. The Morgan fingerprint density at radius 3 is 2.20 bits per heavy atom. The van der Waals surface area contributed by atoms with Crippen LogP contribution in [0.5, 0.6) is 11.5 Å². The van der Waals surface area contributed by atoms with Crippen LogP contribution in [0.1, 0.15) is 36.5 Å². The number of hydrogen-bond donors (Lipinski definition) is 2. The molecule has 0 atom stereocenters. The molecule has 0 aliphatic heterocycles. The summed E-state index contributed by atoms with van der Waals surface area (Å²) in [6.07, 6.45) is 1.42. The molecule has 0 unspecified atom stereocenters. The van der Waals surface area contributed by atoms with E-state index in [0.29, 0.717) is 28.4 Å². The molecular weight excluding hydrogens is 592 g/mol. The molecule has 2 N–H and O–H groups in total. The number of rotatable bonds is 13. The van der Waals surface area contributed by atoms with Gasteiger partial charge < -0.3 is 14.8 Å². The van der Waals surface area contributed by atoms with E-state index in [1.165, 1.54) is 25.5 Å². The molecule has 4 aromatic carbocycles. The van der Waals surface area contributed by atoms with Crippen LogP contribution in [0.2, 0.25) is 0 Å². The number of sulfonamides is 1. The van der Waals surface area contributed by atoms with Crippen LogP contribution in [-0.4, -0.2) is 46.7 Å². The van der Waals surface area contributed by atoms with Gasteiger partial charge in [-0.15, -0.1) is 0 Å². The number of ether oxygens (including phenoxy) is 2. The van der Waals surface area contributed by atoms with Crippen molar-refractivity contribution in [2.75, 3.05) is 29.9 Å². The fourth-order valence-electron chi connectivity index (χ4n) is 4.26. The van der Waals surface area contributed by atoms with Gasteiger partial charge in [0.15, 0.2) is 6.61 Å². The fourth-order valence-corrected chi connectivity index (χ4v) is 5.68. The van der Waals surface area contributed by atoms with Gasteiger partial charge in [0, 0.05) is 0 Å². The summed E-state index contributed by atoms with van der Waals surface area (Å²) in [5, 5.41) is 6.74. The van der Waals surface area contributed by atoms with Crippen molar-refractivity contribution in [3.8, 4) is 11.5 Å². The summed E-state index contributed by atoms with van der Waals surface area (Å²) >= 11 is 0. The van der Waals surface area contributed by atoms with Gasteiger partial charge in [-0.1, -0.05) is 55.8 Å². The average Bonchev–Trinajstić information content (AvgIpc) is 3.03. The smallest absolute Gasteiger partial charge is 0.264 e. The molecule has 4 aromatic rings. The summed E-state index contributed by atoms with van der Waals surface area (Å²) in [5.74, 6) is 0.315. The van der Waals surface area contributed by atoms with Crippen molar-refractivity contribution in [3.05, 3.63) is 114 Å². The maximum absolute atomic E-state index is 13.6. The van der Waals surface area contributed by atoms with Gasteiger partial charge in [0.2, 0.25) is 0 Å². The molecule has 0 saturated heterocycles. The SMILES string of the molecule is COc1ccccc1NC(=O)COc1ccc(/C=N\NC(=O)CN(c2ccc(C(C)C)cc2)S(=O)(=O)c2ccc(C)cc2)cc1. The molecule has 0 aliphatic rings. The fraction of sp³-hybridized carbons (Fsp3) is 0.206. The Balaban J connectivity index is 1.37. The summed E-state index contributed by atoms with van der Waals surface area (Å²) in [6, 6.07) is 27.4. The van der Waals surface area contributed by atoms with Gasteiger partial charge in [-0.25, -0.2) is 13.8 Å². The lowest BCUT2D eigenvalue weighted by Crippen LogP contribution is -2.39. The Hall–Kier alpha value is -5.16. The minimum absolute atomic E-state index is 0.0805. The molecule has 0 aliphatic carbocycles. The lowest BCUT2D eigenvalue weighted by Gasteiger charge is -2.24. The zero-order valence-electron chi connectivity index (χ0n) is 25.6. The van der Waals surface area contributed by atoms with Crippen LogP contribution < -0.4 is 24.5 Å². The van der Waals surface area contributed by atoms with Crippen LogP contribution in [-0.2, 0) is 19.6 Å². The van der Waals surface area contributed by atoms with Crippen LogP contribution in [0.3, 0.4) is 0 Å². The van der Waals surface area contributed by atoms with Gasteiger partial charge in [-0.2, -0.15) is 5.10 Å². The largest absolute Gasteiger partial charge is 0.495 e. The summed E-state index contributed by atoms with van der Waals surface area (Å²) in [4.78, 5) is 25.3. The highest BCUT2D eigenvalue weighted by Gasteiger charge is 2.27. The van der Waals surface area contributed by atoms with Crippen LogP contribution in [0.15, 0.2) is 107 Å². The highest BCUT2D eigenvalue weighted by molar-refractivity contribution is 7.92. The van der Waals surface area contributed by atoms with Crippen molar-refractivity contribution in [1.82, 2.24) is 5.43 Å². The van der Waals surface area contributed by atoms with Crippen molar-refractivity contribution < 1.29 is 27.5 Å². The van der Waals surface area contributed by atoms with Gasteiger partial charge in [0.25, 0.3) is 21.8 Å². The first-order valence-corrected chi connectivity index (χ1v) is 15.7. The van der Waals surface area contributed by atoms with E-state index in [1.54, 1.807) is 72.8 Å². The number of hydrazone groups is 1. The second kappa shape index (κ2) is 15.0. The number of methoxy groups -OCH3 is 1. The van der Waals surface area contributed by atoms with E-state index in [0.717, 1.165) is 15.4 Å². The first-order valence-electron chi connectivity index (χ1n) is 14.2. The number of nitrogens with one attached hydrogen (secondary N) is 2. The molecule has 0 saturated carbocycles. The monoisotopic (exact) mass is 628 g/mol. The van der Waals surface area contributed by atoms with Crippen LogP contribution in [0.4, 0.5) is 11.4 Å². The quantitative estimate of drug-likeness (QED) is 0.149. The topological polar surface area (TPSA) is 126 Å². The number of para-hydroxylation sites is 2. The van der Waals surface area contributed by atoms with E-state index in [9.17, 15) is 18.0 Å². The number of amides is 2. The highest BCUT2D eigenvalue weighted by atomic mass is 32.2. The molecule has 0 fully saturated rings. The maximum Gasteiger partial charge on any atom is 0.264 e. The van der Waals surface area contributed by atoms with Crippen LogP contribution in [0, 0.1) is 6.92 Å². The molecule has 2 amide bonds. The van der Waals surface area contributed by atoms with E-state index >= 15 is 0 Å². The molecule has 10 nitrogen and oxygen atoms in total. The predicted molar refractivity (Wildman–Crippen MR) is 176 cm³/mol. The molecule has 0 bridgehead atoms. The number of anilines is 2. The van der Waals surface area contributed by atoms with E-state index in [-0.39, 0.29) is 23.3 Å². The molecule has 0 radical (unpaired) electrons. The molecule has 234 valence electrons. The Labute approximate surface area is 263 Å². The van der Waals surface area contributed by atoms with Gasteiger partial charge in [0.1, 0.15) is 18.0 Å². The molecular formula is C34H36N4O6S. The number of carbonyl (C=O) groups is 2. The van der Waals surface area contributed by atoms with Crippen molar-refractivity contribution in [2.24, 2.45) is 5.10 Å². The zero-order valence-corrected chi connectivity index (χ0v) is 26.4. The van der Waals surface area contributed by atoms with Gasteiger partial charge in [0.05, 0.1) is 29.6 Å². The first kappa shape index (κ1) is 32.7. The summed E-state index contributed by atoms with van der Waals surface area (Å²) < 4.78 is 39.1. The number of aryl methyl sites for hydroxylation is 1. The van der Waals surface area contributed by atoms with Gasteiger partial charge in [-0.3, -0.25) is 13.9 Å². The zero-order chi connectivity index (χ0) is 32.4. The van der Waals surface area contributed by atoms with Crippen molar-refractivity contribution >= 4 is 39.4 Å². The number of hydrogen-bond acceptors (Lipinski definition) is 7. The first-order chi connectivity index (χ1) is 21.6. The lowest BCUT2D eigenvalue weighted by molar-refractivity contribution is -0.119. The maximum atomic E-state index is 13.6.